The van der Waals surface area contributed by atoms with E-state index >= 15 is 0 Å². The summed E-state index contributed by atoms with van der Waals surface area (Å²) < 4.78 is -1.93. The third kappa shape index (κ3) is 15.7. The molecular weight excluding hydrogens is 853 g/mol. The summed E-state index contributed by atoms with van der Waals surface area (Å²) in [6.45, 7) is 16.1. The van der Waals surface area contributed by atoms with Crippen LogP contribution in [0, 0.1) is 22.7 Å². The van der Waals surface area contributed by atoms with Crippen molar-refractivity contribution in [2.24, 2.45) is 22.7 Å². The molecule has 4 rings (SSSR count). The van der Waals surface area contributed by atoms with Crippen molar-refractivity contribution < 1.29 is 9.59 Å². The van der Waals surface area contributed by atoms with E-state index in [9.17, 15) is 9.59 Å². The monoisotopic (exact) mass is 930 g/mol. The molecule has 0 heterocycles. The van der Waals surface area contributed by atoms with E-state index in [-0.39, 0.29) is 107 Å². The van der Waals surface area contributed by atoms with Crippen molar-refractivity contribution in [2.75, 3.05) is 0 Å². The van der Waals surface area contributed by atoms with Crippen LogP contribution in [0.2, 0.25) is 10.0 Å². The van der Waals surface area contributed by atoms with Gasteiger partial charge in [-0.15, -0.1) is 46.4 Å². The lowest BCUT2D eigenvalue weighted by Crippen LogP contribution is -2.36. The second-order valence-electron chi connectivity index (χ2n) is 12.9. The number of rotatable bonds is 12. The number of amides is 2. The van der Waals surface area contributed by atoms with Crippen LogP contribution in [0.1, 0.15) is 168 Å². The normalized spacial score (nSPS) is 22.1. The van der Waals surface area contributed by atoms with Gasteiger partial charge in [0.2, 0.25) is 11.8 Å². The van der Waals surface area contributed by atoms with Gasteiger partial charge in [0.15, 0.2) is 0 Å². The molecule has 2 saturated carbocycles. The SMILES string of the molecule is C.C.C.C.C.C.CCCCCCC.CC[C@@]1(C(=O)NC(C)c2ccc(Cl)cc2)[C@@H](C)C1(Cl)Cl.CC[C@]1(C(=O)NC(C)c2ccc(Cl)cc2)[C@H](C)C1(Cl)Cl.S.S. The lowest BCUT2D eigenvalue weighted by molar-refractivity contribution is -0.128. The predicted octanol–water partition coefficient (Wildman–Crippen LogP) is 16.5. The maximum atomic E-state index is 12.5. The highest BCUT2D eigenvalue weighted by Crippen LogP contribution is 2.71. The molecule has 0 spiro atoms. The summed E-state index contributed by atoms with van der Waals surface area (Å²) in [7, 11) is 0. The molecule has 2 aliphatic rings. The van der Waals surface area contributed by atoms with Crippen LogP contribution in [-0.2, 0) is 9.59 Å². The maximum absolute atomic E-state index is 12.5. The zero-order chi connectivity index (χ0) is 35.8. The minimum atomic E-state index is -0.967. The summed E-state index contributed by atoms with van der Waals surface area (Å²) in [5, 5.41) is 7.36. The first-order chi connectivity index (χ1) is 22.0. The van der Waals surface area contributed by atoms with Crippen LogP contribution < -0.4 is 10.6 Å². The summed E-state index contributed by atoms with van der Waals surface area (Å²) in [5.41, 5.74) is 0.627. The average Bonchev–Trinajstić information content (AvgIpc) is 3.70. The third-order valence-electron chi connectivity index (χ3n) is 10.2. The molecule has 6 atom stereocenters. The van der Waals surface area contributed by atoms with E-state index in [1.807, 2.05) is 90.1 Å². The zero-order valence-electron chi connectivity index (χ0n) is 30.0. The van der Waals surface area contributed by atoms with Gasteiger partial charge in [-0.05, 0) is 62.1 Å². The van der Waals surface area contributed by atoms with Crippen LogP contribution in [0.5, 0.6) is 0 Å². The molecule has 0 bridgehead atoms. The van der Waals surface area contributed by atoms with Gasteiger partial charge in [0, 0.05) is 21.9 Å². The minimum Gasteiger partial charge on any atom is -0.349 e. The van der Waals surface area contributed by atoms with Crippen molar-refractivity contribution in [1.82, 2.24) is 10.6 Å². The van der Waals surface area contributed by atoms with Gasteiger partial charge in [0.25, 0.3) is 0 Å². The fourth-order valence-corrected chi connectivity index (χ4v) is 8.69. The van der Waals surface area contributed by atoms with Crippen molar-refractivity contribution in [3.63, 3.8) is 0 Å². The number of unbranched alkanes of at least 4 members (excludes halogenated alkanes) is 4. The molecule has 0 aromatic heterocycles. The Bertz CT molecular complexity index is 1220. The molecule has 2 aromatic rings. The fraction of sp³-hybridized carbons (Fsp3) is 0.674. The first kappa shape index (κ1) is 69.4. The number of hydrogen-bond acceptors (Lipinski definition) is 2. The standard InChI is InChI=1S/2C15H18Cl3NO.C7H16.6CH4.2H2S/c2*1-4-14(10(3)15(14,17)18)13(20)19-9(2)11-5-7-12(16)8-6-11;1-3-5-7-6-4-2;;;;;;;;/h2*5-10H,4H2,1-3H3,(H,19,20);3-7H2,1-2H3;6*1H4;2*1H2/t2*9?,10-,14+;;;;;;;;;/m10........./s1. The van der Waals surface area contributed by atoms with Crippen LogP contribution in [0.4, 0.5) is 0 Å². The summed E-state index contributed by atoms with van der Waals surface area (Å²) in [6.07, 6.45) is 8.26. The molecule has 2 N–H and O–H groups in total. The molecule has 328 valence electrons. The van der Waals surface area contributed by atoms with E-state index in [1.165, 1.54) is 32.1 Å². The fourth-order valence-electron chi connectivity index (χ4n) is 6.38. The smallest absolute Gasteiger partial charge is 0.230 e. The highest BCUT2D eigenvalue weighted by Gasteiger charge is 2.77. The highest BCUT2D eigenvalue weighted by atomic mass is 35.5. The van der Waals surface area contributed by atoms with Gasteiger partial charge in [-0.2, -0.15) is 27.0 Å². The molecule has 0 saturated heterocycles. The number of carbonyl (C=O) groups excluding carboxylic acids is 2. The topological polar surface area (TPSA) is 58.2 Å². The number of benzene rings is 2. The molecule has 2 amide bonds. The summed E-state index contributed by atoms with van der Waals surface area (Å²) in [4.78, 5) is 25.1. The maximum Gasteiger partial charge on any atom is 0.230 e. The predicted molar refractivity (Wildman–Crippen MR) is 264 cm³/mol. The Kier molecular flexibility index (Phi) is 37.8. The van der Waals surface area contributed by atoms with E-state index < -0.39 is 19.5 Å². The first-order valence-corrected chi connectivity index (χ1v) is 19.1. The zero-order valence-corrected chi connectivity index (χ0v) is 36.5. The van der Waals surface area contributed by atoms with Gasteiger partial charge in [-0.1, -0.05) is 166 Å². The van der Waals surface area contributed by atoms with Gasteiger partial charge in [-0.25, -0.2) is 0 Å². The highest BCUT2D eigenvalue weighted by molar-refractivity contribution is 7.59. The molecule has 2 fully saturated rings. The molecule has 4 nitrogen and oxygen atoms in total. The molecule has 2 aliphatic carbocycles. The number of hydrogen-bond donors (Lipinski definition) is 2. The van der Waals surface area contributed by atoms with Gasteiger partial charge < -0.3 is 10.6 Å². The Morgan fingerprint density at radius 2 is 0.800 bits per heavy atom. The van der Waals surface area contributed by atoms with Crippen molar-refractivity contribution in [2.45, 2.75) is 166 Å². The molecular formula is C43H80Cl6N2O2S2. The average molecular weight is 934 g/mol. The van der Waals surface area contributed by atoms with E-state index in [1.54, 1.807) is 0 Å². The second kappa shape index (κ2) is 29.9. The summed E-state index contributed by atoms with van der Waals surface area (Å²) >= 11 is 36.7. The Balaban J connectivity index is -0.000000127. The van der Waals surface area contributed by atoms with Crippen molar-refractivity contribution >= 4 is 108 Å². The summed E-state index contributed by atoms with van der Waals surface area (Å²) in [5.74, 6) is -0.249. The van der Waals surface area contributed by atoms with E-state index in [0.29, 0.717) is 22.9 Å². The van der Waals surface area contributed by atoms with Crippen LogP contribution in [0.15, 0.2) is 48.5 Å². The molecule has 0 radical (unpaired) electrons. The van der Waals surface area contributed by atoms with Gasteiger partial charge in [0.1, 0.15) is 8.67 Å². The first-order valence-electron chi connectivity index (χ1n) is 16.8. The van der Waals surface area contributed by atoms with Crippen LogP contribution in [-0.4, -0.2) is 20.5 Å². The van der Waals surface area contributed by atoms with Gasteiger partial charge in [0.05, 0.1) is 22.9 Å². The van der Waals surface area contributed by atoms with E-state index in [4.69, 9.17) is 69.6 Å². The van der Waals surface area contributed by atoms with Crippen LogP contribution >= 0.6 is 96.6 Å². The lowest BCUT2D eigenvalue weighted by atomic mass is 9.98. The Morgan fingerprint density at radius 3 is 0.982 bits per heavy atom. The molecule has 12 heteroatoms. The number of carbonyl (C=O) groups is 2. The Morgan fingerprint density at radius 1 is 0.564 bits per heavy atom. The van der Waals surface area contributed by atoms with Crippen molar-refractivity contribution in [3.8, 4) is 0 Å². The summed E-state index contributed by atoms with van der Waals surface area (Å²) in [6, 6.07) is 14.6. The molecule has 55 heavy (non-hydrogen) atoms. The number of nitrogens with one attached hydrogen (secondary N) is 2. The minimum absolute atomic E-state index is 0. The van der Waals surface area contributed by atoms with E-state index in [0.717, 1.165) is 11.1 Å². The Hall–Kier alpha value is -0.180. The number of alkyl halides is 4. The molecule has 2 aromatic carbocycles. The number of halogens is 6. The van der Waals surface area contributed by atoms with Crippen molar-refractivity contribution in [3.05, 3.63) is 69.7 Å². The van der Waals surface area contributed by atoms with Gasteiger partial charge >= 0.3 is 0 Å². The van der Waals surface area contributed by atoms with Crippen LogP contribution in [0.3, 0.4) is 0 Å². The van der Waals surface area contributed by atoms with Crippen LogP contribution in [0.25, 0.3) is 0 Å². The molecule has 0 aliphatic heterocycles. The van der Waals surface area contributed by atoms with E-state index in [2.05, 4.69) is 24.5 Å². The molecule has 2 unspecified atom stereocenters. The lowest BCUT2D eigenvalue weighted by Gasteiger charge is -2.21. The largest absolute Gasteiger partial charge is 0.349 e. The van der Waals surface area contributed by atoms with Gasteiger partial charge in [-0.3, -0.25) is 9.59 Å². The third-order valence-corrected chi connectivity index (χ3v) is 13.3. The van der Waals surface area contributed by atoms with Crippen molar-refractivity contribution in [1.29, 1.82) is 0 Å². The quantitative estimate of drug-likeness (QED) is 0.165. The Labute approximate surface area is 383 Å². The second-order valence-corrected chi connectivity index (χ2v) is 16.5.